The van der Waals surface area contributed by atoms with E-state index in [9.17, 15) is 19.2 Å². The van der Waals surface area contributed by atoms with Gasteiger partial charge in [0.2, 0.25) is 6.04 Å². The monoisotopic (exact) mass is 519 g/mol. The van der Waals surface area contributed by atoms with Gasteiger partial charge in [-0.05, 0) is 32.4 Å². The lowest BCUT2D eigenvalue weighted by molar-refractivity contribution is -0.156. The van der Waals surface area contributed by atoms with Crippen molar-refractivity contribution >= 4 is 35.1 Å². The first-order valence-corrected chi connectivity index (χ1v) is 12.4. The van der Waals surface area contributed by atoms with E-state index in [0.29, 0.717) is 17.7 Å². The Bertz CT molecular complexity index is 1320. The Hall–Kier alpha value is -4.11. The molecule has 1 unspecified atom stereocenters. The number of nitrogens with zero attached hydrogens (tertiary/aromatic N) is 2. The van der Waals surface area contributed by atoms with E-state index in [1.165, 1.54) is 6.20 Å². The smallest absolute Gasteiger partial charge is 0.381 e. The molecule has 0 aromatic heterocycles. The summed E-state index contributed by atoms with van der Waals surface area (Å²) >= 11 is 0. The Labute approximate surface area is 221 Å². The SMILES string of the molecule is COC(=O)C(=O)C1=NC=C[N@+]2(CCC(=O)OC(C)(C)C)c3c(cccc31)CC2C(=O)OCc1ccccc1. The summed E-state index contributed by atoms with van der Waals surface area (Å²) in [5.74, 6) is -2.81. The van der Waals surface area contributed by atoms with Gasteiger partial charge in [-0.1, -0.05) is 42.5 Å². The lowest BCUT2D eigenvalue weighted by Crippen LogP contribution is -2.55. The highest BCUT2D eigenvalue weighted by molar-refractivity contribution is 6.67. The van der Waals surface area contributed by atoms with Crippen molar-refractivity contribution in [2.45, 2.75) is 51.9 Å². The van der Waals surface area contributed by atoms with Crippen LogP contribution in [0.15, 0.2) is 65.9 Å². The summed E-state index contributed by atoms with van der Waals surface area (Å²) in [6.07, 6.45) is 3.40. The van der Waals surface area contributed by atoms with E-state index in [0.717, 1.165) is 18.2 Å². The number of para-hydroxylation sites is 1. The number of carbonyl (C=O) groups is 4. The van der Waals surface area contributed by atoms with Crippen molar-refractivity contribution in [1.29, 1.82) is 0 Å². The van der Waals surface area contributed by atoms with E-state index in [4.69, 9.17) is 9.47 Å². The van der Waals surface area contributed by atoms with Crippen LogP contribution in [0, 0.1) is 0 Å². The number of aliphatic imine (C=N–C) groups is 1. The first-order valence-electron chi connectivity index (χ1n) is 12.4. The highest BCUT2D eigenvalue weighted by atomic mass is 16.6. The highest BCUT2D eigenvalue weighted by Gasteiger charge is 2.53. The second-order valence-corrected chi connectivity index (χ2v) is 10.2. The molecule has 0 saturated carbocycles. The van der Waals surface area contributed by atoms with E-state index in [2.05, 4.69) is 9.73 Å². The Morgan fingerprint density at radius 3 is 2.45 bits per heavy atom. The van der Waals surface area contributed by atoms with Crippen molar-refractivity contribution in [3.8, 4) is 0 Å². The van der Waals surface area contributed by atoms with Crippen LogP contribution in [-0.4, -0.2) is 54.7 Å². The lowest BCUT2D eigenvalue weighted by Gasteiger charge is -2.35. The number of ketones is 1. The molecular weight excluding hydrogens is 488 g/mol. The summed E-state index contributed by atoms with van der Waals surface area (Å²) < 4.78 is 15.8. The quantitative estimate of drug-likeness (QED) is 0.228. The fourth-order valence-corrected chi connectivity index (χ4v) is 4.92. The second-order valence-electron chi connectivity index (χ2n) is 10.2. The van der Waals surface area contributed by atoms with Crippen molar-refractivity contribution in [2.75, 3.05) is 13.7 Å². The van der Waals surface area contributed by atoms with E-state index >= 15 is 0 Å². The van der Waals surface area contributed by atoms with Gasteiger partial charge < -0.3 is 14.2 Å². The maximum absolute atomic E-state index is 13.6. The molecule has 0 aliphatic carbocycles. The number of hydrogen-bond donors (Lipinski definition) is 0. The van der Waals surface area contributed by atoms with E-state index in [1.807, 2.05) is 36.4 Å². The molecule has 2 aliphatic heterocycles. The molecule has 9 heteroatoms. The summed E-state index contributed by atoms with van der Waals surface area (Å²) in [5.41, 5.74) is 1.92. The summed E-state index contributed by atoms with van der Waals surface area (Å²) in [6.45, 7) is 5.62. The number of hydrogen-bond acceptors (Lipinski definition) is 8. The third kappa shape index (κ3) is 5.43. The normalized spacial score (nSPS) is 19.6. The average Bonchev–Trinajstić information content (AvgIpc) is 3.11. The molecular formula is C29H31N2O7+. The van der Waals surface area contributed by atoms with Crippen molar-refractivity contribution in [3.05, 3.63) is 77.6 Å². The number of methoxy groups -OCH3 is 1. The molecule has 0 saturated heterocycles. The number of benzene rings is 2. The molecule has 2 atom stereocenters. The third-order valence-electron chi connectivity index (χ3n) is 6.48. The number of carbonyl (C=O) groups excluding carboxylic acids is 4. The minimum absolute atomic E-state index is 0.00185. The van der Waals surface area contributed by atoms with Gasteiger partial charge >= 0.3 is 17.9 Å². The first-order chi connectivity index (χ1) is 18.1. The van der Waals surface area contributed by atoms with Gasteiger partial charge in [0.15, 0.2) is 5.69 Å². The zero-order chi connectivity index (χ0) is 27.5. The van der Waals surface area contributed by atoms with Gasteiger partial charge in [0.05, 0.1) is 31.8 Å². The number of ether oxygens (including phenoxy) is 3. The molecule has 0 radical (unpaired) electrons. The number of rotatable bonds is 8. The van der Waals surface area contributed by atoms with E-state index in [-0.39, 0.29) is 29.8 Å². The minimum Gasteiger partial charge on any atom is -0.463 e. The molecule has 0 spiro atoms. The molecule has 198 valence electrons. The van der Waals surface area contributed by atoms with Crippen molar-refractivity contribution in [2.24, 2.45) is 4.99 Å². The largest absolute Gasteiger partial charge is 0.463 e. The molecule has 0 N–H and O–H groups in total. The van der Waals surface area contributed by atoms with Crippen LogP contribution in [0.25, 0.3) is 0 Å². The van der Waals surface area contributed by atoms with Crippen LogP contribution in [0.1, 0.15) is 43.9 Å². The van der Waals surface area contributed by atoms with Gasteiger partial charge in [-0.3, -0.25) is 14.1 Å². The molecule has 0 fully saturated rings. The zero-order valence-electron chi connectivity index (χ0n) is 21.9. The van der Waals surface area contributed by atoms with Gasteiger partial charge in [0.25, 0.3) is 5.78 Å². The van der Waals surface area contributed by atoms with Crippen LogP contribution in [0.5, 0.6) is 0 Å². The van der Waals surface area contributed by atoms with Gasteiger partial charge in [0, 0.05) is 12.0 Å². The Morgan fingerprint density at radius 1 is 1.03 bits per heavy atom. The van der Waals surface area contributed by atoms with Crippen molar-refractivity contribution in [3.63, 3.8) is 0 Å². The first kappa shape index (κ1) is 26.9. The molecule has 2 aromatic carbocycles. The summed E-state index contributed by atoms with van der Waals surface area (Å²) in [5, 5.41) is 0. The van der Waals surface area contributed by atoms with Gasteiger partial charge in [0.1, 0.15) is 24.1 Å². The van der Waals surface area contributed by atoms with Crippen LogP contribution in [-0.2, 0) is 46.4 Å². The Kier molecular flexibility index (Phi) is 7.59. The van der Waals surface area contributed by atoms with Gasteiger partial charge in [-0.15, -0.1) is 0 Å². The number of quaternary nitrogens is 1. The predicted octanol–water partition coefficient (Wildman–Crippen LogP) is 3.41. The van der Waals surface area contributed by atoms with Crippen LogP contribution < -0.4 is 4.48 Å². The highest BCUT2D eigenvalue weighted by Crippen LogP contribution is 2.45. The molecule has 38 heavy (non-hydrogen) atoms. The maximum Gasteiger partial charge on any atom is 0.381 e. The van der Waals surface area contributed by atoms with Crippen molar-refractivity contribution in [1.82, 2.24) is 4.48 Å². The number of Topliss-reactive ketones (excluding diaryl/α,β-unsaturated/α-hetero) is 1. The molecule has 2 aliphatic rings. The Morgan fingerprint density at radius 2 is 1.76 bits per heavy atom. The van der Waals surface area contributed by atoms with Gasteiger partial charge in [-0.25, -0.2) is 14.6 Å². The zero-order valence-corrected chi connectivity index (χ0v) is 21.9. The maximum atomic E-state index is 13.6. The standard InChI is InChI=1S/C29H31N2O7/c1-29(2,3)38-23(32)13-15-31-16-14-30-24(26(33)28(35)36-4)21-12-8-11-20(25(21)31)17-22(31)27(34)37-18-19-9-6-5-7-10-19/h5-12,14,16,22H,13,15,17-18H2,1-4H3/q+1/t22?,31-/m0/s1. The molecule has 0 amide bonds. The molecule has 2 heterocycles. The summed E-state index contributed by atoms with van der Waals surface area (Å²) in [7, 11) is 1.13. The molecule has 2 aromatic rings. The topological polar surface area (TPSA) is 108 Å². The summed E-state index contributed by atoms with van der Waals surface area (Å²) in [4.78, 5) is 55.6. The predicted molar refractivity (Wildman–Crippen MR) is 140 cm³/mol. The minimum atomic E-state index is -1.04. The van der Waals surface area contributed by atoms with E-state index in [1.54, 1.807) is 39.1 Å². The van der Waals surface area contributed by atoms with Crippen LogP contribution >= 0.6 is 0 Å². The van der Waals surface area contributed by atoms with Crippen molar-refractivity contribution < 1.29 is 33.4 Å². The fourth-order valence-electron chi connectivity index (χ4n) is 4.92. The van der Waals surface area contributed by atoms with Gasteiger partial charge in [-0.2, -0.15) is 0 Å². The molecule has 0 bridgehead atoms. The van der Waals surface area contributed by atoms with Crippen LogP contribution in [0.4, 0.5) is 5.69 Å². The van der Waals surface area contributed by atoms with E-state index < -0.39 is 35.3 Å². The fraction of sp³-hybridized carbons (Fsp3) is 0.345. The average molecular weight is 520 g/mol. The molecule has 4 rings (SSSR count). The second kappa shape index (κ2) is 10.7. The Balaban J connectivity index is 1.73. The lowest BCUT2D eigenvalue weighted by atomic mass is 10.00. The third-order valence-corrected chi connectivity index (χ3v) is 6.48. The molecule has 9 nitrogen and oxygen atoms in total. The van der Waals surface area contributed by atoms with Crippen LogP contribution in [0.2, 0.25) is 0 Å². The summed E-state index contributed by atoms with van der Waals surface area (Å²) in [6, 6.07) is 13.9. The number of esters is 3. The van der Waals surface area contributed by atoms with Crippen LogP contribution in [0.3, 0.4) is 0 Å².